The lowest BCUT2D eigenvalue weighted by atomic mass is 10.0. The quantitative estimate of drug-likeness (QED) is 0.447. The van der Waals surface area contributed by atoms with E-state index in [1.165, 1.54) is 25.7 Å². The maximum Gasteiger partial charge on any atom is -0.00979 e. The van der Waals surface area contributed by atoms with Crippen LogP contribution < -0.4 is 0 Å². The molecule has 1 atom stereocenters. The molecule has 0 nitrogen and oxygen atoms in total. The number of thiol groups is 1. The summed E-state index contributed by atoms with van der Waals surface area (Å²) in [7, 11) is 0. The molecule has 0 saturated heterocycles. The lowest BCUT2D eigenvalue weighted by Crippen LogP contribution is -1.91. The Morgan fingerprint density at radius 3 is 2.44 bits per heavy atom. The molecule has 0 aromatic heterocycles. The summed E-state index contributed by atoms with van der Waals surface area (Å²) in [5.41, 5.74) is 0. The topological polar surface area (TPSA) is 0 Å². The van der Waals surface area contributed by atoms with Crippen LogP contribution in [-0.4, -0.2) is 5.75 Å². The summed E-state index contributed by atoms with van der Waals surface area (Å²) < 4.78 is 0. The highest BCUT2D eigenvalue weighted by Gasteiger charge is 1.95. The van der Waals surface area contributed by atoms with Gasteiger partial charge in [0.05, 0.1) is 0 Å². The molecule has 56 valence electrons. The fourth-order valence-electron chi connectivity index (χ4n) is 0.809. The van der Waals surface area contributed by atoms with E-state index in [9.17, 15) is 0 Å². The van der Waals surface area contributed by atoms with Crippen molar-refractivity contribution in [3.05, 3.63) is 0 Å². The van der Waals surface area contributed by atoms with Crippen molar-refractivity contribution in [2.24, 2.45) is 5.92 Å². The Morgan fingerprint density at radius 2 is 2.00 bits per heavy atom. The Labute approximate surface area is 64.4 Å². The second-order valence-corrected chi connectivity index (χ2v) is 3.18. The lowest BCUT2D eigenvalue weighted by Gasteiger charge is -2.05. The minimum absolute atomic E-state index is 0.921. The van der Waals surface area contributed by atoms with Crippen molar-refractivity contribution in [3.8, 4) is 0 Å². The minimum Gasteiger partial charge on any atom is -0.179 e. The summed E-state index contributed by atoms with van der Waals surface area (Å²) in [6.07, 6.45) is 5.36. The molecule has 0 bridgehead atoms. The van der Waals surface area contributed by atoms with Crippen LogP contribution in [0.3, 0.4) is 0 Å². The first kappa shape index (κ1) is 9.35. The van der Waals surface area contributed by atoms with Gasteiger partial charge >= 0.3 is 0 Å². The van der Waals surface area contributed by atoms with Crippen molar-refractivity contribution in [1.82, 2.24) is 0 Å². The first-order valence-electron chi connectivity index (χ1n) is 3.92. The van der Waals surface area contributed by atoms with Gasteiger partial charge in [0.1, 0.15) is 0 Å². The zero-order valence-electron chi connectivity index (χ0n) is 6.56. The van der Waals surface area contributed by atoms with Gasteiger partial charge in [-0.2, -0.15) is 12.6 Å². The van der Waals surface area contributed by atoms with Gasteiger partial charge in [0.15, 0.2) is 0 Å². The molecule has 0 aliphatic heterocycles. The number of hydrogen-bond donors (Lipinski definition) is 1. The molecule has 0 rings (SSSR count). The molecule has 0 saturated carbocycles. The van der Waals surface area contributed by atoms with Crippen LogP contribution in [-0.2, 0) is 0 Å². The zero-order valence-corrected chi connectivity index (χ0v) is 7.45. The Balaban J connectivity index is 2.88. The fourth-order valence-corrected chi connectivity index (χ4v) is 1.03. The van der Waals surface area contributed by atoms with Crippen molar-refractivity contribution in [3.63, 3.8) is 0 Å². The predicted octanol–water partition coefficient (Wildman–Crippen LogP) is 3.13. The highest BCUT2D eigenvalue weighted by molar-refractivity contribution is 7.80. The highest BCUT2D eigenvalue weighted by Crippen LogP contribution is 2.10. The second kappa shape index (κ2) is 6.47. The summed E-state index contributed by atoms with van der Waals surface area (Å²) in [5, 5.41) is 0. The largest absolute Gasteiger partial charge is 0.179 e. The molecular weight excluding hydrogens is 128 g/mol. The Hall–Kier alpha value is 0.350. The van der Waals surface area contributed by atoms with Gasteiger partial charge in [-0.05, 0) is 18.1 Å². The zero-order chi connectivity index (χ0) is 7.11. The van der Waals surface area contributed by atoms with Gasteiger partial charge in [0, 0.05) is 0 Å². The van der Waals surface area contributed by atoms with Crippen LogP contribution in [0.1, 0.15) is 39.5 Å². The van der Waals surface area contributed by atoms with Crippen LogP contribution in [0.2, 0.25) is 0 Å². The molecule has 0 fully saturated rings. The Morgan fingerprint density at radius 1 is 1.33 bits per heavy atom. The van der Waals surface area contributed by atoms with E-state index in [4.69, 9.17) is 0 Å². The average Bonchev–Trinajstić information content (AvgIpc) is 1.89. The fraction of sp³-hybridized carbons (Fsp3) is 1.00. The van der Waals surface area contributed by atoms with E-state index in [1.807, 2.05) is 0 Å². The van der Waals surface area contributed by atoms with Crippen LogP contribution in [0.15, 0.2) is 0 Å². The third kappa shape index (κ3) is 6.23. The van der Waals surface area contributed by atoms with Crippen molar-refractivity contribution < 1.29 is 0 Å². The third-order valence-electron chi connectivity index (χ3n) is 1.80. The summed E-state index contributed by atoms with van der Waals surface area (Å²) in [4.78, 5) is 0. The summed E-state index contributed by atoms with van der Waals surface area (Å²) in [6.45, 7) is 4.57. The van der Waals surface area contributed by atoms with Gasteiger partial charge in [-0.15, -0.1) is 0 Å². The van der Waals surface area contributed by atoms with Gasteiger partial charge in [-0.3, -0.25) is 0 Å². The molecule has 0 spiro atoms. The highest BCUT2D eigenvalue weighted by atomic mass is 32.1. The molecule has 0 aromatic rings. The van der Waals surface area contributed by atoms with E-state index < -0.39 is 0 Å². The van der Waals surface area contributed by atoms with Crippen molar-refractivity contribution in [1.29, 1.82) is 0 Å². The lowest BCUT2D eigenvalue weighted by molar-refractivity contribution is 0.493. The monoisotopic (exact) mass is 146 g/mol. The maximum absolute atomic E-state index is 4.15. The van der Waals surface area contributed by atoms with Crippen molar-refractivity contribution in [2.45, 2.75) is 39.5 Å². The maximum atomic E-state index is 4.15. The standard InChI is InChI=1S/C8H18S/c1-3-8(2)6-4-5-7-9/h8-9H,3-7H2,1-2H3/t8-/m0/s1. The van der Waals surface area contributed by atoms with Gasteiger partial charge in [-0.25, -0.2) is 0 Å². The first-order chi connectivity index (χ1) is 4.31. The summed E-state index contributed by atoms with van der Waals surface area (Å²) in [6, 6.07) is 0. The van der Waals surface area contributed by atoms with Crippen molar-refractivity contribution in [2.75, 3.05) is 5.75 Å². The molecule has 1 heteroatoms. The molecule has 0 unspecified atom stereocenters. The van der Waals surface area contributed by atoms with Gasteiger partial charge < -0.3 is 0 Å². The van der Waals surface area contributed by atoms with E-state index in [0.717, 1.165) is 11.7 Å². The smallest absolute Gasteiger partial charge is 0.00979 e. The minimum atomic E-state index is 0.921. The number of rotatable bonds is 5. The summed E-state index contributed by atoms with van der Waals surface area (Å²) >= 11 is 4.15. The average molecular weight is 146 g/mol. The van der Waals surface area contributed by atoms with Crippen LogP contribution in [0.25, 0.3) is 0 Å². The Bertz CT molecular complexity index is 52.5. The first-order valence-corrected chi connectivity index (χ1v) is 4.55. The van der Waals surface area contributed by atoms with Crippen LogP contribution in [0.5, 0.6) is 0 Å². The van der Waals surface area contributed by atoms with Gasteiger partial charge in [0.2, 0.25) is 0 Å². The molecule has 0 heterocycles. The number of unbranched alkanes of at least 4 members (excludes halogenated alkanes) is 1. The van der Waals surface area contributed by atoms with E-state index in [2.05, 4.69) is 26.5 Å². The second-order valence-electron chi connectivity index (χ2n) is 2.73. The molecular formula is C8H18S. The Kier molecular flexibility index (Phi) is 6.72. The van der Waals surface area contributed by atoms with Crippen LogP contribution >= 0.6 is 12.6 Å². The summed E-state index contributed by atoms with van der Waals surface area (Å²) in [5.74, 6) is 1.97. The predicted molar refractivity (Wildman–Crippen MR) is 47.2 cm³/mol. The molecule has 0 radical (unpaired) electrons. The third-order valence-corrected chi connectivity index (χ3v) is 2.12. The van der Waals surface area contributed by atoms with Gasteiger partial charge in [-0.1, -0.05) is 33.1 Å². The molecule has 9 heavy (non-hydrogen) atoms. The molecule has 0 aliphatic rings. The normalized spacial score (nSPS) is 13.7. The van der Waals surface area contributed by atoms with Crippen molar-refractivity contribution >= 4 is 12.6 Å². The van der Waals surface area contributed by atoms with Crippen LogP contribution in [0.4, 0.5) is 0 Å². The molecule has 0 aromatic carbocycles. The SMILES string of the molecule is CC[C@H](C)CCCCS. The van der Waals surface area contributed by atoms with Crippen LogP contribution in [0, 0.1) is 5.92 Å². The van der Waals surface area contributed by atoms with E-state index >= 15 is 0 Å². The van der Waals surface area contributed by atoms with E-state index in [0.29, 0.717) is 0 Å². The molecule has 0 N–H and O–H groups in total. The molecule has 0 aliphatic carbocycles. The number of hydrogen-bond acceptors (Lipinski definition) is 1. The van der Waals surface area contributed by atoms with E-state index in [-0.39, 0.29) is 0 Å². The van der Waals surface area contributed by atoms with E-state index in [1.54, 1.807) is 0 Å². The van der Waals surface area contributed by atoms with Gasteiger partial charge in [0.25, 0.3) is 0 Å². The molecule has 0 amide bonds.